The molecule has 18 heavy (non-hydrogen) atoms. The lowest BCUT2D eigenvalue weighted by Crippen LogP contribution is -2.21. The summed E-state index contributed by atoms with van der Waals surface area (Å²) in [4.78, 5) is -0.227. The van der Waals surface area contributed by atoms with E-state index in [9.17, 15) is 21.6 Å². The predicted octanol–water partition coefficient (Wildman–Crippen LogP) is 1.89. The average Bonchev–Trinajstić information content (AvgIpc) is 2.13. The van der Waals surface area contributed by atoms with Crippen molar-refractivity contribution >= 4 is 15.5 Å². The van der Waals surface area contributed by atoms with Crippen LogP contribution in [0.2, 0.25) is 0 Å². The van der Waals surface area contributed by atoms with E-state index in [0.29, 0.717) is 0 Å². The first kappa shape index (κ1) is 14.8. The van der Waals surface area contributed by atoms with Gasteiger partial charge in [-0.25, -0.2) is 8.42 Å². The van der Waals surface area contributed by atoms with Gasteiger partial charge >= 0.3 is 6.18 Å². The molecular weight excluding hydrogens is 271 g/mol. The second kappa shape index (κ2) is 5.15. The van der Waals surface area contributed by atoms with Crippen molar-refractivity contribution in [1.82, 2.24) is 0 Å². The Hall–Kier alpha value is -1.28. The van der Waals surface area contributed by atoms with Gasteiger partial charge in [-0.3, -0.25) is 0 Å². The van der Waals surface area contributed by atoms with E-state index >= 15 is 0 Å². The second-order valence-corrected chi connectivity index (χ2v) is 5.64. The maximum atomic E-state index is 11.8. The van der Waals surface area contributed by atoms with E-state index in [-0.39, 0.29) is 10.6 Å². The van der Waals surface area contributed by atoms with Gasteiger partial charge in [-0.15, -0.1) is 0 Å². The Morgan fingerprint density at radius 1 is 1.33 bits per heavy atom. The van der Waals surface area contributed by atoms with Crippen molar-refractivity contribution in [3.05, 3.63) is 23.8 Å². The summed E-state index contributed by atoms with van der Waals surface area (Å²) in [7, 11) is -3.98. The van der Waals surface area contributed by atoms with Gasteiger partial charge in [0.1, 0.15) is 6.61 Å². The number of benzene rings is 1. The Morgan fingerprint density at radius 2 is 1.94 bits per heavy atom. The zero-order valence-corrected chi connectivity index (χ0v) is 10.3. The monoisotopic (exact) mass is 283 g/mol. The third kappa shape index (κ3) is 4.19. The van der Waals surface area contributed by atoms with Gasteiger partial charge in [0.25, 0.3) is 0 Å². The molecule has 4 nitrogen and oxygen atoms in total. The third-order valence-electron chi connectivity index (χ3n) is 2.00. The summed E-state index contributed by atoms with van der Waals surface area (Å²) in [5.41, 5.74) is 6.25. The van der Waals surface area contributed by atoms with Gasteiger partial charge in [0.15, 0.2) is 5.94 Å². The molecule has 0 spiro atoms. The molecule has 0 fully saturated rings. The van der Waals surface area contributed by atoms with Crippen molar-refractivity contribution in [2.24, 2.45) is 0 Å². The number of hydrogen-bond acceptors (Lipinski definition) is 4. The molecule has 0 aromatic heterocycles. The van der Waals surface area contributed by atoms with E-state index in [1.165, 1.54) is 18.2 Å². The Morgan fingerprint density at radius 3 is 2.44 bits per heavy atom. The molecule has 0 aliphatic heterocycles. The fourth-order valence-corrected chi connectivity index (χ4v) is 2.40. The van der Waals surface area contributed by atoms with E-state index in [1.54, 1.807) is 6.92 Å². The van der Waals surface area contributed by atoms with Crippen LogP contribution < -0.4 is 5.73 Å². The summed E-state index contributed by atoms with van der Waals surface area (Å²) in [6.07, 6.45) is -4.56. The first-order chi connectivity index (χ1) is 8.12. The average molecular weight is 283 g/mol. The minimum atomic E-state index is -4.56. The number of rotatable bonds is 4. The highest BCUT2D eigenvalue weighted by Gasteiger charge is 2.29. The largest absolute Gasteiger partial charge is 0.411 e. The normalized spacial score (nSPS) is 12.7. The molecule has 0 unspecified atom stereocenters. The number of hydrogen-bond donors (Lipinski definition) is 1. The molecule has 2 N–H and O–H groups in total. The van der Waals surface area contributed by atoms with Crippen LogP contribution in [0.4, 0.5) is 18.9 Å². The molecule has 0 amide bonds. The van der Waals surface area contributed by atoms with Crippen molar-refractivity contribution in [3.8, 4) is 0 Å². The molecule has 102 valence electrons. The number of nitrogen functional groups attached to an aromatic ring is 1. The highest BCUT2D eigenvalue weighted by atomic mass is 32.2. The van der Waals surface area contributed by atoms with Crippen LogP contribution in [0.5, 0.6) is 0 Å². The summed E-state index contributed by atoms with van der Waals surface area (Å²) in [5.74, 6) is -1.06. The molecular formula is C10H12F3NO3S. The first-order valence-corrected chi connectivity index (χ1v) is 6.50. The number of alkyl halides is 3. The minimum absolute atomic E-state index is 0.00870. The summed E-state index contributed by atoms with van der Waals surface area (Å²) in [6.45, 7) is 0.102. The van der Waals surface area contributed by atoms with Gasteiger partial charge in [-0.05, 0) is 24.6 Å². The standard InChI is InChI=1S/C10H12F3NO3S/c1-7-2-3-9(8(14)4-7)18(15,16)6-17-5-10(11,12)13/h2-4H,5-6,14H2,1H3. The second-order valence-electron chi connectivity index (χ2n) is 3.74. The number of nitrogens with two attached hydrogens (primary N) is 1. The number of ether oxygens (including phenoxy) is 1. The maximum absolute atomic E-state index is 11.8. The zero-order valence-electron chi connectivity index (χ0n) is 9.49. The van der Waals surface area contributed by atoms with Gasteiger partial charge in [0.2, 0.25) is 9.84 Å². The van der Waals surface area contributed by atoms with Crippen molar-refractivity contribution in [3.63, 3.8) is 0 Å². The van der Waals surface area contributed by atoms with Crippen molar-refractivity contribution in [2.45, 2.75) is 18.0 Å². The van der Waals surface area contributed by atoms with E-state index < -0.39 is 28.6 Å². The molecule has 1 aromatic rings. The smallest absolute Gasteiger partial charge is 0.398 e. The van der Waals surface area contributed by atoms with Crippen LogP contribution in [0.25, 0.3) is 0 Å². The number of anilines is 1. The molecule has 0 radical (unpaired) electrons. The van der Waals surface area contributed by atoms with E-state index in [2.05, 4.69) is 4.74 Å². The van der Waals surface area contributed by atoms with Gasteiger partial charge in [0, 0.05) is 0 Å². The van der Waals surface area contributed by atoms with Crippen LogP contribution in [0.1, 0.15) is 5.56 Å². The molecule has 0 aliphatic rings. The summed E-state index contributed by atoms with van der Waals surface area (Å²) in [6, 6.07) is 4.18. The van der Waals surface area contributed by atoms with Crippen molar-refractivity contribution in [2.75, 3.05) is 18.3 Å². The van der Waals surface area contributed by atoms with E-state index in [4.69, 9.17) is 5.73 Å². The Kier molecular flexibility index (Phi) is 4.23. The molecule has 0 saturated heterocycles. The van der Waals surface area contributed by atoms with Crippen LogP contribution >= 0.6 is 0 Å². The van der Waals surface area contributed by atoms with Crippen LogP contribution in [-0.2, 0) is 14.6 Å². The van der Waals surface area contributed by atoms with Crippen LogP contribution in [0.3, 0.4) is 0 Å². The molecule has 0 aliphatic carbocycles. The third-order valence-corrected chi connectivity index (χ3v) is 3.52. The Bertz CT molecular complexity index is 526. The molecule has 0 heterocycles. The van der Waals surface area contributed by atoms with Gasteiger partial charge < -0.3 is 10.5 Å². The van der Waals surface area contributed by atoms with E-state index in [0.717, 1.165) is 5.56 Å². The lowest BCUT2D eigenvalue weighted by Gasteiger charge is -2.10. The molecule has 0 bridgehead atoms. The van der Waals surface area contributed by atoms with Gasteiger partial charge in [-0.2, -0.15) is 13.2 Å². The van der Waals surface area contributed by atoms with Crippen LogP contribution in [0.15, 0.2) is 23.1 Å². The topological polar surface area (TPSA) is 69.4 Å². The highest BCUT2D eigenvalue weighted by molar-refractivity contribution is 7.91. The summed E-state index contributed by atoms with van der Waals surface area (Å²) >= 11 is 0. The zero-order chi connectivity index (χ0) is 14.0. The quantitative estimate of drug-likeness (QED) is 0.857. The Labute approximate surface area is 102 Å². The maximum Gasteiger partial charge on any atom is 0.411 e. The molecule has 1 aromatic carbocycles. The SMILES string of the molecule is Cc1ccc(S(=O)(=O)COCC(F)(F)F)c(N)c1. The highest BCUT2D eigenvalue weighted by Crippen LogP contribution is 2.22. The van der Waals surface area contributed by atoms with Crippen LogP contribution in [0, 0.1) is 6.92 Å². The summed E-state index contributed by atoms with van der Waals surface area (Å²) < 4.78 is 63.0. The molecule has 8 heteroatoms. The van der Waals surface area contributed by atoms with Gasteiger partial charge in [0.05, 0.1) is 10.6 Å². The van der Waals surface area contributed by atoms with Crippen molar-refractivity contribution in [1.29, 1.82) is 0 Å². The first-order valence-electron chi connectivity index (χ1n) is 4.85. The number of aryl methyl sites for hydroxylation is 1. The molecule has 0 atom stereocenters. The Balaban J connectivity index is 2.81. The lowest BCUT2D eigenvalue weighted by molar-refractivity contribution is -0.169. The molecule has 0 saturated carbocycles. The lowest BCUT2D eigenvalue weighted by atomic mass is 10.2. The van der Waals surface area contributed by atoms with Crippen LogP contribution in [-0.4, -0.2) is 27.1 Å². The molecule has 1 rings (SSSR count). The number of sulfone groups is 1. The van der Waals surface area contributed by atoms with Gasteiger partial charge in [-0.1, -0.05) is 6.07 Å². The van der Waals surface area contributed by atoms with E-state index in [1.807, 2.05) is 0 Å². The summed E-state index contributed by atoms with van der Waals surface area (Å²) in [5, 5.41) is 0. The predicted molar refractivity (Wildman–Crippen MR) is 59.7 cm³/mol. The minimum Gasteiger partial charge on any atom is -0.398 e. The van der Waals surface area contributed by atoms with Crippen molar-refractivity contribution < 1.29 is 26.3 Å². The fraction of sp³-hybridized carbons (Fsp3) is 0.400. The number of halogens is 3. The fourth-order valence-electron chi connectivity index (χ4n) is 1.28.